The van der Waals surface area contributed by atoms with Crippen LogP contribution >= 0.6 is 0 Å². The smallest absolute Gasteiger partial charge is 0.220 e. The molecule has 1 N–H and O–H groups in total. The topological polar surface area (TPSA) is 32.3 Å². The van der Waals surface area contributed by atoms with Gasteiger partial charge in [-0.1, -0.05) is 30.3 Å². The number of carbonyl (C=O) groups is 1. The highest BCUT2D eigenvalue weighted by molar-refractivity contribution is 5.77. The monoisotopic (exact) mass is 258 g/mol. The zero-order valence-corrected chi connectivity index (χ0v) is 11.7. The second-order valence-electron chi connectivity index (χ2n) is 6.17. The number of carbonyl (C=O) groups excluding carboxylic acids is 1. The number of fused-ring (bicyclic) bond motifs is 1. The summed E-state index contributed by atoms with van der Waals surface area (Å²) in [5.41, 5.74) is 1.27. The summed E-state index contributed by atoms with van der Waals surface area (Å²) >= 11 is 0. The summed E-state index contributed by atoms with van der Waals surface area (Å²) in [4.78, 5) is 14.3. The molecule has 2 aliphatic heterocycles. The molecule has 0 bridgehead atoms. The summed E-state index contributed by atoms with van der Waals surface area (Å²) in [6, 6.07) is 11.5. The number of likely N-dealkylation sites (tertiary alicyclic amines) is 1. The van der Waals surface area contributed by atoms with Crippen LogP contribution in [-0.4, -0.2) is 29.4 Å². The molecule has 3 nitrogen and oxygen atoms in total. The first-order valence-corrected chi connectivity index (χ1v) is 7.18. The molecule has 102 valence electrons. The van der Waals surface area contributed by atoms with Crippen molar-refractivity contribution in [3.05, 3.63) is 35.9 Å². The van der Waals surface area contributed by atoms with Gasteiger partial charge in [0.25, 0.3) is 0 Å². The van der Waals surface area contributed by atoms with E-state index in [2.05, 4.69) is 54.5 Å². The van der Waals surface area contributed by atoms with Crippen LogP contribution in [0.15, 0.2) is 30.3 Å². The third-order valence-electron chi connectivity index (χ3n) is 4.83. The van der Waals surface area contributed by atoms with Crippen molar-refractivity contribution in [1.29, 1.82) is 0 Å². The number of nitrogens with zero attached hydrogens (tertiary/aromatic N) is 1. The number of hydrogen-bond donors (Lipinski definition) is 1. The van der Waals surface area contributed by atoms with Gasteiger partial charge in [0.15, 0.2) is 0 Å². The van der Waals surface area contributed by atoms with Crippen LogP contribution in [0.3, 0.4) is 0 Å². The highest BCUT2D eigenvalue weighted by Crippen LogP contribution is 2.43. The van der Waals surface area contributed by atoms with E-state index >= 15 is 0 Å². The predicted molar refractivity (Wildman–Crippen MR) is 75.7 cm³/mol. The van der Waals surface area contributed by atoms with E-state index in [1.807, 2.05) is 0 Å². The molecule has 0 aliphatic carbocycles. The average molecular weight is 258 g/mol. The number of hydrogen-bond acceptors (Lipinski definition) is 2. The van der Waals surface area contributed by atoms with Crippen molar-refractivity contribution in [2.75, 3.05) is 7.05 Å². The standard InChI is InChI=1S/C16H22N2O/c1-16-11-13(12-7-4-3-5-8-12)18(2)14(16)9-6-10-15(19)17-16/h3-5,7-8,13-14H,6,9-11H2,1-2H3,(H,17,19)/t13-,14-,16-/m0/s1. The van der Waals surface area contributed by atoms with Gasteiger partial charge in [0.1, 0.15) is 0 Å². The maximum absolute atomic E-state index is 11.9. The molecule has 3 atom stereocenters. The molecule has 1 aromatic rings. The van der Waals surface area contributed by atoms with E-state index in [9.17, 15) is 4.79 Å². The fourth-order valence-corrected chi connectivity index (χ4v) is 3.87. The summed E-state index contributed by atoms with van der Waals surface area (Å²) in [6.45, 7) is 2.21. The Morgan fingerprint density at radius 2 is 2.05 bits per heavy atom. The summed E-state index contributed by atoms with van der Waals surface area (Å²) in [7, 11) is 2.20. The van der Waals surface area contributed by atoms with Crippen molar-refractivity contribution in [1.82, 2.24) is 10.2 Å². The number of nitrogens with one attached hydrogen (secondary N) is 1. The summed E-state index contributed by atoms with van der Waals surface area (Å²) in [6.07, 6.45) is 3.78. The lowest BCUT2D eigenvalue weighted by Gasteiger charge is -2.32. The number of amides is 1. The molecule has 3 heteroatoms. The molecule has 2 aliphatic rings. The van der Waals surface area contributed by atoms with E-state index in [4.69, 9.17) is 0 Å². The molecule has 1 amide bonds. The summed E-state index contributed by atoms with van der Waals surface area (Å²) in [5, 5.41) is 3.27. The van der Waals surface area contributed by atoms with Gasteiger partial charge in [-0.15, -0.1) is 0 Å². The Balaban J connectivity index is 1.90. The minimum absolute atomic E-state index is 0.0805. The molecule has 2 heterocycles. The van der Waals surface area contributed by atoms with Gasteiger partial charge in [-0.05, 0) is 38.8 Å². The molecule has 2 saturated heterocycles. The maximum Gasteiger partial charge on any atom is 0.220 e. The molecule has 1 aromatic carbocycles. The van der Waals surface area contributed by atoms with Crippen LogP contribution in [-0.2, 0) is 4.79 Å². The number of benzene rings is 1. The molecular weight excluding hydrogens is 236 g/mol. The molecule has 0 spiro atoms. The van der Waals surface area contributed by atoms with Crippen molar-refractivity contribution >= 4 is 5.91 Å². The first-order chi connectivity index (χ1) is 9.10. The van der Waals surface area contributed by atoms with Crippen LogP contribution in [0.5, 0.6) is 0 Å². The van der Waals surface area contributed by atoms with Gasteiger partial charge >= 0.3 is 0 Å². The van der Waals surface area contributed by atoms with E-state index < -0.39 is 0 Å². The quantitative estimate of drug-likeness (QED) is 0.839. The van der Waals surface area contributed by atoms with Gasteiger partial charge in [-0.25, -0.2) is 0 Å². The normalized spacial score (nSPS) is 35.6. The summed E-state index contributed by atoms with van der Waals surface area (Å²) in [5.74, 6) is 0.215. The number of rotatable bonds is 1. The largest absolute Gasteiger partial charge is 0.349 e. The van der Waals surface area contributed by atoms with Crippen molar-refractivity contribution in [2.24, 2.45) is 0 Å². The zero-order valence-electron chi connectivity index (χ0n) is 11.7. The molecule has 0 radical (unpaired) electrons. The van der Waals surface area contributed by atoms with Crippen molar-refractivity contribution in [2.45, 2.75) is 50.2 Å². The number of likely N-dealkylation sites (N-methyl/N-ethyl adjacent to an activating group) is 1. The van der Waals surface area contributed by atoms with E-state index in [1.165, 1.54) is 5.56 Å². The first-order valence-electron chi connectivity index (χ1n) is 7.18. The highest BCUT2D eigenvalue weighted by atomic mass is 16.1. The third kappa shape index (κ3) is 2.16. The van der Waals surface area contributed by atoms with Gasteiger partial charge in [0, 0.05) is 18.5 Å². The average Bonchev–Trinajstić information content (AvgIpc) is 2.55. The van der Waals surface area contributed by atoms with E-state index in [0.717, 1.165) is 19.3 Å². The zero-order chi connectivity index (χ0) is 13.5. The Bertz CT molecular complexity index is 473. The highest BCUT2D eigenvalue weighted by Gasteiger charge is 2.49. The minimum Gasteiger partial charge on any atom is -0.349 e. The molecular formula is C16H22N2O. The van der Waals surface area contributed by atoms with Crippen LogP contribution in [0.25, 0.3) is 0 Å². The predicted octanol–water partition coefficient (Wildman–Crippen LogP) is 2.49. The van der Waals surface area contributed by atoms with Gasteiger partial charge in [0.05, 0.1) is 5.54 Å². The van der Waals surface area contributed by atoms with Crippen molar-refractivity contribution < 1.29 is 4.79 Å². The third-order valence-corrected chi connectivity index (χ3v) is 4.83. The molecule has 3 rings (SSSR count). The van der Waals surface area contributed by atoms with Crippen LogP contribution in [0.2, 0.25) is 0 Å². The Labute approximate surface area is 115 Å². The van der Waals surface area contributed by atoms with Gasteiger partial charge in [-0.2, -0.15) is 0 Å². The van der Waals surface area contributed by atoms with Crippen molar-refractivity contribution in [3.8, 4) is 0 Å². The van der Waals surface area contributed by atoms with Crippen LogP contribution in [0.1, 0.15) is 44.2 Å². The van der Waals surface area contributed by atoms with Crippen LogP contribution in [0.4, 0.5) is 0 Å². The molecule has 19 heavy (non-hydrogen) atoms. The lowest BCUT2D eigenvalue weighted by Crippen LogP contribution is -2.52. The second kappa shape index (κ2) is 4.64. The molecule has 2 fully saturated rings. The Kier molecular flexibility index (Phi) is 3.09. The molecule has 0 aromatic heterocycles. The molecule has 0 unspecified atom stereocenters. The first kappa shape index (κ1) is 12.7. The summed E-state index contributed by atoms with van der Waals surface area (Å²) < 4.78 is 0. The molecule has 0 saturated carbocycles. The Hall–Kier alpha value is -1.35. The Morgan fingerprint density at radius 3 is 2.79 bits per heavy atom. The van der Waals surface area contributed by atoms with E-state index in [-0.39, 0.29) is 11.4 Å². The Morgan fingerprint density at radius 1 is 1.32 bits per heavy atom. The van der Waals surface area contributed by atoms with Gasteiger partial charge < -0.3 is 5.32 Å². The fourth-order valence-electron chi connectivity index (χ4n) is 3.87. The van der Waals surface area contributed by atoms with Gasteiger partial charge in [-0.3, -0.25) is 9.69 Å². The van der Waals surface area contributed by atoms with E-state index in [0.29, 0.717) is 18.5 Å². The SMILES string of the molecule is CN1[C@H]2CCCC(=O)N[C@@]2(C)C[C@H]1c1ccccc1. The fraction of sp³-hybridized carbons (Fsp3) is 0.562. The lowest BCUT2D eigenvalue weighted by atomic mass is 9.88. The van der Waals surface area contributed by atoms with Crippen LogP contribution in [0, 0.1) is 0 Å². The van der Waals surface area contributed by atoms with Crippen molar-refractivity contribution in [3.63, 3.8) is 0 Å². The maximum atomic E-state index is 11.9. The lowest BCUT2D eigenvalue weighted by molar-refractivity contribution is -0.122. The van der Waals surface area contributed by atoms with Crippen LogP contribution < -0.4 is 5.32 Å². The minimum atomic E-state index is -0.0805. The second-order valence-corrected chi connectivity index (χ2v) is 6.17. The van der Waals surface area contributed by atoms with Gasteiger partial charge in [0.2, 0.25) is 5.91 Å². The van der Waals surface area contributed by atoms with E-state index in [1.54, 1.807) is 0 Å².